The summed E-state index contributed by atoms with van der Waals surface area (Å²) in [6.45, 7) is 1.55. The zero-order chi connectivity index (χ0) is 19.0. The number of rotatable bonds is 3. The number of carbonyl (C=O) groups is 2. The predicted molar refractivity (Wildman–Crippen MR) is 106 cm³/mol. The van der Waals surface area contributed by atoms with E-state index in [2.05, 4.69) is 6.07 Å². The molecular weight excluding hydrogens is 362 g/mol. The van der Waals surface area contributed by atoms with E-state index in [9.17, 15) is 9.59 Å². The van der Waals surface area contributed by atoms with E-state index < -0.39 is 0 Å². The second-order valence-electron chi connectivity index (χ2n) is 8.29. The van der Waals surface area contributed by atoms with Gasteiger partial charge in [-0.3, -0.25) is 9.59 Å². The van der Waals surface area contributed by atoms with Crippen molar-refractivity contribution in [2.45, 2.75) is 62.4 Å². The largest absolute Gasteiger partial charge is 0.330 e. The van der Waals surface area contributed by atoms with Gasteiger partial charge in [0.1, 0.15) is 12.6 Å². The van der Waals surface area contributed by atoms with Crippen LogP contribution in [0.5, 0.6) is 0 Å². The van der Waals surface area contributed by atoms with Gasteiger partial charge in [-0.25, -0.2) is 0 Å². The fourth-order valence-corrected chi connectivity index (χ4v) is 5.39. The summed E-state index contributed by atoms with van der Waals surface area (Å²) in [6.07, 6.45) is 6.46. The van der Waals surface area contributed by atoms with E-state index in [1.807, 2.05) is 23.1 Å². The molecule has 3 aliphatic rings. The number of carbonyl (C=O) groups excluding carboxylic acids is 2. The van der Waals surface area contributed by atoms with Crippen LogP contribution in [0.15, 0.2) is 24.3 Å². The fourth-order valence-electron chi connectivity index (χ4n) is 5.20. The molecule has 0 unspecified atom stereocenters. The summed E-state index contributed by atoms with van der Waals surface area (Å²) in [5.41, 5.74) is 7.30. The minimum absolute atomic E-state index is 0.0822. The molecule has 2 amide bonds. The minimum atomic E-state index is -0.228. The summed E-state index contributed by atoms with van der Waals surface area (Å²) in [4.78, 5) is 29.3. The Bertz CT molecular complexity index is 730. The molecule has 1 aromatic carbocycles. The second-order valence-corrected chi connectivity index (χ2v) is 8.73. The van der Waals surface area contributed by atoms with Crippen molar-refractivity contribution in [1.29, 1.82) is 0 Å². The fraction of sp³-hybridized carbons (Fsp3) is 0.619. The molecule has 2 heterocycles. The van der Waals surface area contributed by atoms with Gasteiger partial charge < -0.3 is 15.5 Å². The summed E-state index contributed by atoms with van der Waals surface area (Å²) >= 11 is 6.20. The predicted octanol–water partition coefficient (Wildman–Crippen LogP) is 2.70. The first kappa shape index (κ1) is 18.8. The van der Waals surface area contributed by atoms with E-state index in [4.69, 9.17) is 17.3 Å². The molecule has 1 atom stereocenters. The topological polar surface area (TPSA) is 66.6 Å². The van der Waals surface area contributed by atoms with E-state index in [-0.39, 0.29) is 35.9 Å². The number of hydrogen-bond donors (Lipinski definition) is 1. The Labute approximate surface area is 165 Å². The van der Waals surface area contributed by atoms with Gasteiger partial charge in [-0.15, -0.1) is 0 Å². The molecule has 0 aromatic heterocycles. The lowest BCUT2D eigenvalue weighted by Crippen LogP contribution is -2.63. The van der Waals surface area contributed by atoms with Gasteiger partial charge in [0.15, 0.2) is 0 Å². The smallest absolute Gasteiger partial charge is 0.246 e. The molecule has 0 radical (unpaired) electrons. The van der Waals surface area contributed by atoms with Crippen molar-refractivity contribution in [1.82, 2.24) is 9.80 Å². The summed E-state index contributed by atoms with van der Waals surface area (Å²) in [7, 11) is 0. The molecule has 2 saturated heterocycles. The molecule has 0 bridgehead atoms. The molecule has 0 spiro atoms. The Morgan fingerprint density at radius 3 is 2.59 bits per heavy atom. The Hall–Kier alpha value is -1.59. The summed E-state index contributed by atoms with van der Waals surface area (Å²) in [5.74, 6) is 0.270. The number of piperidine rings is 1. The molecule has 5 nitrogen and oxygen atoms in total. The highest BCUT2D eigenvalue weighted by Crippen LogP contribution is 2.41. The van der Waals surface area contributed by atoms with Gasteiger partial charge in [0.05, 0.1) is 0 Å². The Balaban J connectivity index is 1.48. The van der Waals surface area contributed by atoms with Gasteiger partial charge in [-0.2, -0.15) is 0 Å². The van der Waals surface area contributed by atoms with Crippen molar-refractivity contribution >= 4 is 23.4 Å². The van der Waals surface area contributed by atoms with E-state index in [1.165, 1.54) is 5.56 Å². The van der Waals surface area contributed by atoms with Gasteiger partial charge >= 0.3 is 0 Å². The van der Waals surface area contributed by atoms with Crippen molar-refractivity contribution in [3.63, 3.8) is 0 Å². The molecule has 4 rings (SSSR count). The van der Waals surface area contributed by atoms with Crippen LogP contribution in [0.25, 0.3) is 0 Å². The van der Waals surface area contributed by atoms with Crippen molar-refractivity contribution in [3.8, 4) is 0 Å². The molecule has 1 aliphatic carbocycles. The highest BCUT2D eigenvalue weighted by Gasteiger charge is 2.45. The lowest BCUT2D eigenvalue weighted by atomic mass is 9.68. The van der Waals surface area contributed by atoms with Crippen molar-refractivity contribution in [2.75, 3.05) is 19.6 Å². The molecule has 3 fully saturated rings. The molecule has 1 aromatic rings. The zero-order valence-electron chi connectivity index (χ0n) is 15.7. The Morgan fingerprint density at radius 2 is 1.89 bits per heavy atom. The number of piperazine rings is 1. The minimum Gasteiger partial charge on any atom is -0.330 e. The summed E-state index contributed by atoms with van der Waals surface area (Å²) < 4.78 is 0. The zero-order valence-corrected chi connectivity index (χ0v) is 16.5. The number of nitrogens with zero attached hydrogens (tertiary/aromatic N) is 2. The molecule has 27 heavy (non-hydrogen) atoms. The van der Waals surface area contributed by atoms with Gasteiger partial charge in [0.25, 0.3) is 0 Å². The first-order valence-electron chi connectivity index (χ1n) is 10.1. The number of amides is 2. The number of hydrogen-bond acceptors (Lipinski definition) is 3. The van der Waals surface area contributed by atoms with Crippen molar-refractivity contribution in [3.05, 3.63) is 34.9 Å². The van der Waals surface area contributed by atoms with Crippen molar-refractivity contribution in [2.24, 2.45) is 5.73 Å². The highest BCUT2D eigenvalue weighted by atomic mass is 35.5. The highest BCUT2D eigenvalue weighted by molar-refractivity contribution is 6.30. The number of nitrogens with two attached hydrogens (primary N) is 1. The van der Waals surface area contributed by atoms with Crippen LogP contribution in [0, 0.1) is 0 Å². The average Bonchev–Trinajstić information content (AvgIpc) is 2.71. The third-order valence-electron chi connectivity index (χ3n) is 6.88. The molecule has 146 valence electrons. The SMILES string of the molecule is NCC1(c2cccc(Cl)c2)CCC(N2CC(=O)N3CCCC[C@@H]3C2=O)CC1. The summed E-state index contributed by atoms with van der Waals surface area (Å²) in [5, 5.41) is 0.733. The lowest BCUT2D eigenvalue weighted by molar-refractivity contribution is -0.160. The van der Waals surface area contributed by atoms with E-state index in [0.717, 1.165) is 56.5 Å². The maximum Gasteiger partial charge on any atom is 0.246 e. The van der Waals surface area contributed by atoms with Crippen LogP contribution in [0.1, 0.15) is 50.5 Å². The quantitative estimate of drug-likeness (QED) is 0.864. The molecule has 2 aliphatic heterocycles. The number of halogens is 1. The first-order chi connectivity index (χ1) is 13.0. The van der Waals surface area contributed by atoms with E-state index >= 15 is 0 Å². The lowest BCUT2D eigenvalue weighted by Gasteiger charge is -2.48. The summed E-state index contributed by atoms with van der Waals surface area (Å²) in [6, 6.07) is 7.90. The Morgan fingerprint density at radius 1 is 1.11 bits per heavy atom. The van der Waals surface area contributed by atoms with E-state index in [1.54, 1.807) is 4.90 Å². The third-order valence-corrected chi connectivity index (χ3v) is 7.11. The van der Waals surface area contributed by atoms with Crippen LogP contribution in [0.2, 0.25) is 5.02 Å². The number of fused-ring (bicyclic) bond motifs is 1. The Kier molecular flexibility index (Phi) is 5.17. The van der Waals surface area contributed by atoms with Gasteiger partial charge in [0.2, 0.25) is 11.8 Å². The van der Waals surface area contributed by atoms with Gasteiger partial charge in [0, 0.05) is 29.6 Å². The first-order valence-corrected chi connectivity index (χ1v) is 10.5. The van der Waals surface area contributed by atoms with Crippen LogP contribution in [0.3, 0.4) is 0 Å². The maximum atomic E-state index is 13.0. The van der Waals surface area contributed by atoms with Crippen molar-refractivity contribution < 1.29 is 9.59 Å². The van der Waals surface area contributed by atoms with E-state index in [0.29, 0.717) is 6.54 Å². The molecule has 6 heteroatoms. The van der Waals surface area contributed by atoms with Crippen LogP contribution >= 0.6 is 11.6 Å². The standard InChI is InChI=1S/C21H28ClN3O2/c22-16-5-3-4-15(12-16)21(14-23)9-7-17(8-10-21)25-13-19(26)24-11-2-1-6-18(24)20(25)27/h3-5,12,17-18H,1-2,6-11,13-14,23H2/t17?,18-,21?/m1/s1. The molecular formula is C21H28ClN3O2. The molecule has 2 N–H and O–H groups in total. The maximum absolute atomic E-state index is 13.0. The third kappa shape index (κ3) is 3.36. The van der Waals surface area contributed by atoms with Gasteiger partial charge in [-0.1, -0.05) is 23.7 Å². The van der Waals surface area contributed by atoms with Crippen LogP contribution in [0.4, 0.5) is 0 Å². The second kappa shape index (κ2) is 7.44. The molecule has 1 saturated carbocycles. The van der Waals surface area contributed by atoms with Crippen LogP contribution in [-0.4, -0.2) is 53.3 Å². The number of benzene rings is 1. The van der Waals surface area contributed by atoms with Crippen LogP contribution in [-0.2, 0) is 15.0 Å². The normalized spacial score (nSPS) is 31.8. The van der Waals surface area contributed by atoms with Crippen LogP contribution < -0.4 is 5.73 Å². The monoisotopic (exact) mass is 389 g/mol. The average molecular weight is 390 g/mol. The van der Waals surface area contributed by atoms with Gasteiger partial charge in [-0.05, 0) is 62.6 Å².